The van der Waals surface area contributed by atoms with Crippen molar-refractivity contribution in [1.82, 2.24) is 5.32 Å². The van der Waals surface area contributed by atoms with Crippen LogP contribution in [0.4, 0.5) is 10.5 Å². The second kappa shape index (κ2) is 6.59. The first-order valence-electron chi connectivity index (χ1n) is 7.24. The number of nitrogens with one attached hydrogen (secondary N) is 2. The molecule has 1 aliphatic carbocycles. The standard InChI is InChI=1S/C17H16Cl2N2O/c18-12-8-9-16(14(19)10-12)21-17(22)20-15-7-3-5-11-4-1-2-6-13(11)15/h1-2,4,6,8-10,15H,3,5,7H2,(H2,20,21,22). The highest BCUT2D eigenvalue weighted by atomic mass is 35.5. The third kappa shape index (κ3) is 3.37. The third-order valence-electron chi connectivity index (χ3n) is 3.85. The van der Waals surface area contributed by atoms with Gasteiger partial charge in [0, 0.05) is 5.02 Å². The van der Waals surface area contributed by atoms with Gasteiger partial charge in [-0.05, 0) is 48.6 Å². The Morgan fingerprint density at radius 2 is 1.95 bits per heavy atom. The lowest BCUT2D eigenvalue weighted by atomic mass is 9.88. The minimum absolute atomic E-state index is 0.0380. The summed E-state index contributed by atoms with van der Waals surface area (Å²) in [6.45, 7) is 0. The summed E-state index contributed by atoms with van der Waals surface area (Å²) in [4.78, 5) is 12.2. The van der Waals surface area contributed by atoms with Gasteiger partial charge in [0.2, 0.25) is 0 Å². The molecule has 2 amide bonds. The molecular weight excluding hydrogens is 319 g/mol. The van der Waals surface area contributed by atoms with Crippen LogP contribution in [-0.4, -0.2) is 6.03 Å². The van der Waals surface area contributed by atoms with E-state index in [4.69, 9.17) is 23.2 Å². The minimum atomic E-state index is -0.258. The number of carbonyl (C=O) groups excluding carboxylic acids is 1. The highest BCUT2D eigenvalue weighted by Gasteiger charge is 2.21. The maximum Gasteiger partial charge on any atom is 0.319 e. The molecule has 0 radical (unpaired) electrons. The molecule has 0 spiro atoms. The maximum atomic E-state index is 12.2. The van der Waals surface area contributed by atoms with E-state index in [1.54, 1.807) is 18.2 Å². The van der Waals surface area contributed by atoms with Gasteiger partial charge >= 0.3 is 6.03 Å². The zero-order valence-electron chi connectivity index (χ0n) is 11.9. The molecule has 0 saturated heterocycles. The van der Waals surface area contributed by atoms with Crippen molar-refractivity contribution in [2.45, 2.75) is 25.3 Å². The molecule has 0 aliphatic heterocycles. The average molecular weight is 335 g/mol. The first-order chi connectivity index (χ1) is 10.6. The van der Waals surface area contributed by atoms with Crippen LogP contribution in [0.3, 0.4) is 0 Å². The summed E-state index contributed by atoms with van der Waals surface area (Å²) < 4.78 is 0. The zero-order chi connectivity index (χ0) is 15.5. The van der Waals surface area contributed by atoms with E-state index in [2.05, 4.69) is 22.8 Å². The molecule has 0 saturated carbocycles. The highest BCUT2D eigenvalue weighted by Crippen LogP contribution is 2.30. The molecule has 0 heterocycles. The van der Waals surface area contributed by atoms with E-state index in [1.807, 2.05) is 12.1 Å². The number of aryl methyl sites for hydroxylation is 1. The molecule has 3 nitrogen and oxygen atoms in total. The number of carbonyl (C=O) groups is 1. The Labute approximate surface area is 139 Å². The molecule has 2 aromatic carbocycles. The Kier molecular flexibility index (Phi) is 4.55. The van der Waals surface area contributed by atoms with E-state index in [-0.39, 0.29) is 12.1 Å². The molecular formula is C17H16Cl2N2O. The van der Waals surface area contributed by atoms with E-state index in [0.29, 0.717) is 15.7 Å². The van der Waals surface area contributed by atoms with Crippen molar-refractivity contribution in [3.63, 3.8) is 0 Å². The van der Waals surface area contributed by atoms with Gasteiger partial charge in [-0.25, -0.2) is 4.79 Å². The van der Waals surface area contributed by atoms with Gasteiger partial charge in [-0.3, -0.25) is 0 Å². The summed E-state index contributed by atoms with van der Waals surface area (Å²) in [5.74, 6) is 0. The van der Waals surface area contributed by atoms with Gasteiger partial charge in [-0.2, -0.15) is 0 Å². The molecule has 1 atom stereocenters. The smallest absolute Gasteiger partial charge is 0.319 e. The zero-order valence-corrected chi connectivity index (χ0v) is 13.4. The molecule has 5 heteroatoms. The van der Waals surface area contributed by atoms with Crippen LogP contribution in [0.2, 0.25) is 10.0 Å². The van der Waals surface area contributed by atoms with E-state index < -0.39 is 0 Å². The predicted octanol–water partition coefficient (Wildman–Crippen LogP) is 5.19. The summed E-state index contributed by atoms with van der Waals surface area (Å²) >= 11 is 11.9. The average Bonchev–Trinajstić information content (AvgIpc) is 2.50. The quantitative estimate of drug-likeness (QED) is 0.779. The topological polar surface area (TPSA) is 41.1 Å². The monoisotopic (exact) mass is 334 g/mol. The van der Waals surface area contributed by atoms with Crippen molar-refractivity contribution in [2.75, 3.05) is 5.32 Å². The van der Waals surface area contributed by atoms with E-state index in [1.165, 1.54) is 11.1 Å². The number of amides is 2. The van der Waals surface area contributed by atoms with Crippen LogP contribution >= 0.6 is 23.2 Å². The van der Waals surface area contributed by atoms with Crippen LogP contribution in [0.5, 0.6) is 0 Å². The number of benzene rings is 2. The van der Waals surface area contributed by atoms with Crippen LogP contribution in [0.15, 0.2) is 42.5 Å². The second-order valence-corrected chi connectivity index (χ2v) is 6.21. The van der Waals surface area contributed by atoms with Gasteiger partial charge in [-0.15, -0.1) is 0 Å². The van der Waals surface area contributed by atoms with Gasteiger partial charge in [0.15, 0.2) is 0 Å². The number of rotatable bonds is 2. The van der Waals surface area contributed by atoms with Crippen molar-refractivity contribution >= 4 is 34.9 Å². The van der Waals surface area contributed by atoms with Crippen molar-refractivity contribution in [3.8, 4) is 0 Å². The van der Waals surface area contributed by atoms with Crippen molar-refractivity contribution < 1.29 is 4.79 Å². The number of hydrogen-bond acceptors (Lipinski definition) is 1. The van der Waals surface area contributed by atoms with E-state index >= 15 is 0 Å². The second-order valence-electron chi connectivity index (χ2n) is 5.37. The van der Waals surface area contributed by atoms with Crippen molar-refractivity contribution in [3.05, 3.63) is 63.6 Å². The predicted molar refractivity (Wildman–Crippen MR) is 90.7 cm³/mol. The number of fused-ring (bicyclic) bond motifs is 1. The summed E-state index contributed by atoms with van der Waals surface area (Å²) in [6.07, 6.45) is 3.08. The van der Waals surface area contributed by atoms with Gasteiger partial charge < -0.3 is 10.6 Å². The minimum Gasteiger partial charge on any atom is -0.331 e. The molecule has 2 aromatic rings. The molecule has 22 heavy (non-hydrogen) atoms. The number of urea groups is 1. The van der Waals surface area contributed by atoms with Crippen molar-refractivity contribution in [2.24, 2.45) is 0 Å². The third-order valence-corrected chi connectivity index (χ3v) is 4.40. The normalized spacial score (nSPS) is 16.7. The molecule has 0 bridgehead atoms. The number of hydrogen-bond donors (Lipinski definition) is 2. The molecule has 1 unspecified atom stereocenters. The fraction of sp³-hybridized carbons (Fsp3) is 0.235. The molecule has 3 rings (SSSR count). The maximum absolute atomic E-state index is 12.2. The van der Waals surface area contributed by atoms with Gasteiger partial charge in [0.1, 0.15) is 0 Å². The Morgan fingerprint density at radius 3 is 2.77 bits per heavy atom. The van der Waals surface area contributed by atoms with Gasteiger partial charge in [0.05, 0.1) is 16.8 Å². The summed E-state index contributed by atoms with van der Waals surface area (Å²) in [5, 5.41) is 6.76. The first kappa shape index (κ1) is 15.2. The Morgan fingerprint density at radius 1 is 1.14 bits per heavy atom. The molecule has 0 fully saturated rings. The first-order valence-corrected chi connectivity index (χ1v) is 7.99. The summed E-state index contributed by atoms with van der Waals surface area (Å²) in [5.41, 5.74) is 3.06. The van der Waals surface area contributed by atoms with Gasteiger partial charge in [0.25, 0.3) is 0 Å². The SMILES string of the molecule is O=C(Nc1ccc(Cl)cc1Cl)NC1CCCc2ccccc21. The Bertz CT molecular complexity index is 703. The number of anilines is 1. The highest BCUT2D eigenvalue weighted by molar-refractivity contribution is 6.36. The lowest BCUT2D eigenvalue weighted by Crippen LogP contribution is -2.34. The summed E-state index contributed by atoms with van der Waals surface area (Å²) in [6, 6.07) is 13.0. The van der Waals surface area contributed by atoms with Crippen LogP contribution in [-0.2, 0) is 6.42 Å². The molecule has 2 N–H and O–H groups in total. The van der Waals surface area contributed by atoms with Crippen LogP contribution in [0.1, 0.15) is 30.0 Å². The molecule has 0 aromatic heterocycles. The Hall–Kier alpha value is -1.71. The number of halogens is 2. The molecule has 114 valence electrons. The van der Waals surface area contributed by atoms with Crippen molar-refractivity contribution in [1.29, 1.82) is 0 Å². The lowest BCUT2D eigenvalue weighted by molar-refractivity contribution is 0.247. The van der Waals surface area contributed by atoms with E-state index in [9.17, 15) is 4.79 Å². The largest absolute Gasteiger partial charge is 0.331 e. The fourth-order valence-corrected chi connectivity index (χ4v) is 3.27. The lowest BCUT2D eigenvalue weighted by Gasteiger charge is -2.26. The molecule has 1 aliphatic rings. The van der Waals surface area contributed by atoms with Crippen LogP contribution < -0.4 is 10.6 Å². The van der Waals surface area contributed by atoms with Crippen LogP contribution in [0.25, 0.3) is 0 Å². The van der Waals surface area contributed by atoms with Gasteiger partial charge in [-0.1, -0.05) is 47.5 Å². The fourth-order valence-electron chi connectivity index (χ4n) is 2.81. The van der Waals surface area contributed by atoms with E-state index in [0.717, 1.165) is 19.3 Å². The Balaban J connectivity index is 1.70. The summed E-state index contributed by atoms with van der Waals surface area (Å²) in [7, 11) is 0. The van der Waals surface area contributed by atoms with Crippen LogP contribution in [0, 0.1) is 0 Å².